The summed E-state index contributed by atoms with van der Waals surface area (Å²) in [6.45, 7) is 6.31. The minimum absolute atomic E-state index is 0.0866. The zero-order chi connectivity index (χ0) is 20.1. The topological polar surface area (TPSA) is 52.4 Å². The molecular weight excluding hydrogens is 366 g/mol. The number of hydrogen-bond donors (Lipinski definition) is 0. The fourth-order valence-electron chi connectivity index (χ4n) is 3.15. The van der Waals surface area contributed by atoms with Crippen molar-refractivity contribution in [2.75, 3.05) is 0 Å². The molecule has 0 amide bonds. The number of nitro benzene ring substituents is 1. The van der Waals surface area contributed by atoms with Gasteiger partial charge in [0.15, 0.2) is 0 Å². The summed E-state index contributed by atoms with van der Waals surface area (Å²) < 4.78 is 6.79. The second kappa shape index (κ2) is 8.50. The van der Waals surface area contributed by atoms with Crippen molar-refractivity contribution in [2.45, 2.75) is 26.9 Å². The lowest BCUT2D eigenvalue weighted by molar-refractivity contribution is -0.385. The van der Waals surface area contributed by atoms with Crippen LogP contribution >= 0.6 is 0 Å². The summed E-state index contributed by atoms with van der Waals surface area (Å²) in [5, 5.41) is 13.6. The van der Waals surface area contributed by atoms with Gasteiger partial charge in [0, 0.05) is 12.1 Å². The van der Waals surface area contributed by atoms with Crippen LogP contribution in [0.4, 0.5) is 5.69 Å². The summed E-state index contributed by atoms with van der Waals surface area (Å²) in [6.07, 6.45) is -0.276. The molecule has 1 atom stereocenters. The van der Waals surface area contributed by atoms with Crippen LogP contribution in [0.5, 0.6) is 0 Å². The van der Waals surface area contributed by atoms with E-state index in [9.17, 15) is 10.1 Å². The molecule has 0 aliphatic heterocycles. The molecule has 3 aromatic rings. The van der Waals surface area contributed by atoms with Gasteiger partial charge in [-0.25, -0.2) is 0 Å². The average molecular weight is 391 g/mol. The number of rotatable bonds is 6. The van der Waals surface area contributed by atoms with E-state index in [0.29, 0.717) is 0 Å². The highest BCUT2D eigenvalue weighted by Crippen LogP contribution is 2.37. The van der Waals surface area contributed by atoms with Crippen LogP contribution in [0, 0.1) is 15.5 Å². The maximum Gasteiger partial charge on any atom is 0.283 e. The Hall–Kier alpha value is -2.76. The molecule has 4 nitrogen and oxygen atoms in total. The SMILES string of the molecule is CC(C)(C)C(O[Si](c1ccccc1)c1ccccc1)c1cccc([N+](=O)[O-])c1. The lowest BCUT2D eigenvalue weighted by Gasteiger charge is -2.34. The fourth-order valence-corrected chi connectivity index (χ4v) is 5.47. The molecule has 5 heteroatoms. The molecule has 1 radical (unpaired) electrons. The second-order valence-corrected chi connectivity index (χ2v) is 9.83. The van der Waals surface area contributed by atoms with Crippen LogP contribution in [0.1, 0.15) is 32.4 Å². The zero-order valence-corrected chi connectivity index (χ0v) is 17.3. The quantitative estimate of drug-likeness (QED) is 0.354. The second-order valence-electron chi connectivity index (χ2n) is 7.78. The number of benzene rings is 3. The van der Waals surface area contributed by atoms with E-state index >= 15 is 0 Å². The molecule has 3 aromatic carbocycles. The lowest BCUT2D eigenvalue weighted by atomic mass is 9.85. The number of non-ortho nitro benzene ring substituents is 1. The molecule has 1 unspecified atom stereocenters. The van der Waals surface area contributed by atoms with E-state index in [1.54, 1.807) is 12.1 Å². The Labute approximate surface area is 167 Å². The van der Waals surface area contributed by atoms with Gasteiger partial charge in [-0.2, -0.15) is 0 Å². The van der Waals surface area contributed by atoms with Crippen molar-refractivity contribution in [2.24, 2.45) is 5.41 Å². The molecular formula is C23H24NO3Si. The van der Waals surface area contributed by atoms with Crippen LogP contribution in [0.15, 0.2) is 84.9 Å². The van der Waals surface area contributed by atoms with Crippen molar-refractivity contribution in [3.05, 3.63) is 101 Å². The first-order chi connectivity index (χ1) is 13.4. The Kier molecular flexibility index (Phi) is 6.07. The molecule has 0 saturated carbocycles. The number of nitro groups is 1. The Morgan fingerprint density at radius 2 is 1.39 bits per heavy atom. The van der Waals surface area contributed by atoms with Gasteiger partial charge in [-0.15, -0.1) is 0 Å². The zero-order valence-electron chi connectivity index (χ0n) is 16.3. The van der Waals surface area contributed by atoms with Crippen LogP contribution in [-0.4, -0.2) is 14.0 Å². The minimum atomic E-state index is -1.53. The van der Waals surface area contributed by atoms with Crippen molar-refractivity contribution in [1.82, 2.24) is 0 Å². The average Bonchev–Trinajstić information content (AvgIpc) is 2.69. The van der Waals surface area contributed by atoms with Crippen LogP contribution < -0.4 is 10.4 Å². The van der Waals surface area contributed by atoms with Gasteiger partial charge in [-0.1, -0.05) is 93.6 Å². The smallest absolute Gasteiger partial charge is 0.283 e. The standard InChI is InChI=1S/C23H24NO3Si/c1-23(2,3)22(18-11-10-12-19(17-18)24(25)26)27-28(20-13-6-4-7-14-20)21-15-8-5-9-16-21/h4-17,22H,1-3H3. The molecule has 0 bridgehead atoms. The van der Waals surface area contributed by atoms with Gasteiger partial charge in [-0.3, -0.25) is 10.1 Å². The van der Waals surface area contributed by atoms with E-state index in [1.165, 1.54) is 6.07 Å². The maximum atomic E-state index is 11.3. The Balaban J connectivity index is 2.04. The van der Waals surface area contributed by atoms with Gasteiger partial charge < -0.3 is 4.43 Å². The Bertz CT molecular complexity index is 884. The summed E-state index contributed by atoms with van der Waals surface area (Å²) in [5.41, 5.74) is 0.689. The fraction of sp³-hybridized carbons (Fsp3) is 0.217. The third-order valence-corrected chi connectivity index (χ3v) is 6.66. The highest BCUT2D eigenvalue weighted by atomic mass is 28.3. The molecule has 0 N–H and O–H groups in total. The predicted molar refractivity (Wildman–Crippen MR) is 114 cm³/mol. The van der Waals surface area contributed by atoms with Crippen molar-refractivity contribution >= 4 is 25.1 Å². The van der Waals surface area contributed by atoms with Crippen LogP contribution in [0.3, 0.4) is 0 Å². The van der Waals surface area contributed by atoms with Crippen molar-refractivity contribution in [3.63, 3.8) is 0 Å². The first-order valence-corrected chi connectivity index (χ1v) is 10.7. The summed E-state index contributed by atoms with van der Waals surface area (Å²) in [5.74, 6) is 0. The normalized spacial score (nSPS) is 12.7. The highest BCUT2D eigenvalue weighted by Gasteiger charge is 2.33. The minimum Gasteiger partial charge on any atom is -0.400 e. The first kappa shape index (κ1) is 20.0. The third-order valence-electron chi connectivity index (χ3n) is 4.48. The van der Waals surface area contributed by atoms with Gasteiger partial charge in [0.1, 0.15) is 0 Å². The highest BCUT2D eigenvalue weighted by molar-refractivity contribution is 6.80. The largest absolute Gasteiger partial charge is 0.400 e. The molecule has 0 aliphatic carbocycles. The monoisotopic (exact) mass is 390 g/mol. The lowest BCUT2D eigenvalue weighted by Crippen LogP contribution is -2.47. The van der Waals surface area contributed by atoms with E-state index in [-0.39, 0.29) is 22.1 Å². The molecule has 143 valence electrons. The van der Waals surface area contributed by atoms with E-state index in [1.807, 2.05) is 42.5 Å². The number of nitrogens with zero attached hydrogens (tertiary/aromatic N) is 1. The van der Waals surface area contributed by atoms with Crippen LogP contribution in [0.25, 0.3) is 0 Å². The van der Waals surface area contributed by atoms with Crippen LogP contribution in [0.2, 0.25) is 0 Å². The molecule has 0 saturated heterocycles. The van der Waals surface area contributed by atoms with E-state index < -0.39 is 9.04 Å². The van der Waals surface area contributed by atoms with Gasteiger partial charge in [0.2, 0.25) is 0 Å². The van der Waals surface area contributed by atoms with Gasteiger partial charge in [0.25, 0.3) is 14.7 Å². The van der Waals surface area contributed by atoms with Crippen molar-refractivity contribution in [3.8, 4) is 0 Å². The van der Waals surface area contributed by atoms with Crippen molar-refractivity contribution in [1.29, 1.82) is 0 Å². The van der Waals surface area contributed by atoms with E-state index in [2.05, 4.69) is 45.0 Å². The Morgan fingerprint density at radius 1 is 0.857 bits per heavy atom. The molecule has 0 fully saturated rings. The van der Waals surface area contributed by atoms with Crippen LogP contribution in [-0.2, 0) is 4.43 Å². The number of hydrogen-bond acceptors (Lipinski definition) is 3. The molecule has 28 heavy (non-hydrogen) atoms. The van der Waals surface area contributed by atoms with E-state index in [4.69, 9.17) is 4.43 Å². The van der Waals surface area contributed by atoms with E-state index in [0.717, 1.165) is 15.9 Å². The summed E-state index contributed by atoms with van der Waals surface area (Å²) >= 11 is 0. The molecule has 0 aromatic heterocycles. The molecule has 3 rings (SSSR count). The molecule has 0 aliphatic rings. The predicted octanol–water partition coefficient (Wildman–Crippen LogP) is 4.50. The Morgan fingerprint density at radius 3 is 1.86 bits per heavy atom. The molecule has 0 spiro atoms. The summed E-state index contributed by atoms with van der Waals surface area (Å²) in [6, 6.07) is 27.2. The first-order valence-electron chi connectivity index (χ1n) is 9.25. The maximum absolute atomic E-state index is 11.3. The third kappa shape index (κ3) is 4.74. The van der Waals surface area contributed by atoms with Gasteiger partial charge in [-0.05, 0) is 21.4 Å². The van der Waals surface area contributed by atoms with Gasteiger partial charge >= 0.3 is 0 Å². The summed E-state index contributed by atoms with van der Waals surface area (Å²) in [4.78, 5) is 10.9. The summed E-state index contributed by atoms with van der Waals surface area (Å²) in [7, 11) is -1.53. The van der Waals surface area contributed by atoms with Gasteiger partial charge in [0.05, 0.1) is 11.0 Å². The van der Waals surface area contributed by atoms with Crippen molar-refractivity contribution < 1.29 is 9.35 Å². The molecule has 0 heterocycles.